The molecule has 3 heteroatoms. The average Bonchev–Trinajstić information content (AvgIpc) is 2.35. The van der Waals surface area contributed by atoms with Gasteiger partial charge in [-0.25, -0.2) is 0 Å². The molecule has 1 saturated heterocycles. The Labute approximate surface area is 144 Å². The van der Waals surface area contributed by atoms with Crippen LogP contribution in [0.2, 0.25) is 0 Å². The Balaban J connectivity index is 2.83. The van der Waals surface area contributed by atoms with Crippen molar-refractivity contribution in [3.05, 3.63) is 0 Å². The number of likely N-dealkylation sites (tertiary alicyclic amines) is 1. The van der Waals surface area contributed by atoms with Gasteiger partial charge in [0.2, 0.25) is 0 Å². The summed E-state index contributed by atoms with van der Waals surface area (Å²) in [6, 6.07) is 0. The van der Waals surface area contributed by atoms with Crippen LogP contribution >= 0.6 is 0 Å². The summed E-state index contributed by atoms with van der Waals surface area (Å²) in [5.41, 5.74) is -0.279. The highest BCUT2D eigenvalue weighted by atomic mass is 16.5. The number of piperidine rings is 1. The molecule has 23 heavy (non-hydrogen) atoms. The van der Waals surface area contributed by atoms with Crippen LogP contribution in [0.3, 0.4) is 0 Å². The summed E-state index contributed by atoms with van der Waals surface area (Å²) in [5.74, 6) is 0.662. The minimum Gasteiger partial charge on any atom is -0.462 e. The van der Waals surface area contributed by atoms with E-state index in [0.717, 1.165) is 25.8 Å². The van der Waals surface area contributed by atoms with Gasteiger partial charge in [0.25, 0.3) is 0 Å². The van der Waals surface area contributed by atoms with E-state index in [-0.39, 0.29) is 28.6 Å². The third-order valence-electron chi connectivity index (χ3n) is 5.56. The smallest absolute Gasteiger partial charge is 0.311 e. The first-order valence-electron chi connectivity index (χ1n) is 9.30. The summed E-state index contributed by atoms with van der Waals surface area (Å²) in [6.45, 7) is 20.8. The minimum atomic E-state index is -0.386. The van der Waals surface area contributed by atoms with Crippen LogP contribution in [-0.2, 0) is 9.53 Å². The van der Waals surface area contributed by atoms with Gasteiger partial charge < -0.3 is 4.74 Å². The van der Waals surface area contributed by atoms with Gasteiger partial charge in [-0.15, -0.1) is 0 Å². The van der Waals surface area contributed by atoms with Gasteiger partial charge in [-0.1, -0.05) is 20.8 Å². The van der Waals surface area contributed by atoms with Gasteiger partial charge in [0, 0.05) is 23.9 Å². The molecule has 136 valence electrons. The van der Waals surface area contributed by atoms with Crippen LogP contribution < -0.4 is 0 Å². The van der Waals surface area contributed by atoms with Crippen LogP contribution in [0, 0.1) is 11.3 Å². The van der Waals surface area contributed by atoms with E-state index in [1.54, 1.807) is 0 Å². The monoisotopic (exact) mass is 325 g/mol. The number of nitrogens with zero attached hydrogens (tertiary/aromatic N) is 1. The first-order chi connectivity index (χ1) is 10.3. The van der Waals surface area contributed by atoms with E-state index in [9.17, 15) is 4.79 Å². The molecule has 0 N–H and O–H groups in total. The average molecular weight is 326 g/mol. The van der Waals surface area contributed by atoms with Crippen molar-refractivity contribution in [2.75, 3.05) is 6.54 Å². The molecule has 1 aliphatic rings. The van der Waals surface area contributed by atoms with Crippen molar-refractivity contribution in [1.82, 2.24) is 4.90 Å². The zero-order valence-electron chi connectivity index (χ0n) is 17.0. The molecule has 0 atom stereocenters. The molecule has 1 heterocycles. The van der Waals surface area contributed by atoms with Crippen molar-refractivity contribution >= 4 is 5.97 Å². The second-order valence-corrected chi connectivity index (χ2v) is 9.63. The van der Waals surface area contributed by atoms with Crippen LogP contribution in [0.25, 0.3) is 0 Å². The molecule has 0 unspecified atom stereocenters. The fourth-order valence-electron chi connectivity index (χ4n) is 3.76. The van der Waals surface area contributed by atoms with Gasteiger partial charge >= 0.3 is 5.97 Å². The number of carbonyl (C=O) groups excluding carboxylic acids is 1. The molecule has 0 saturated carbocycles. The van der Waals surface area contributed by atoms with E-state index in [2.05, 4.69) is 46.4 Å². The predicted molar refractivity (Wildman–Crippen MR) is 97.5 cm³/mol. The summed E-state index contributed by atoms with van der Waals surface area (Å²) in [5, 5.41) is 0. The molecule has 0 amide bonds. The number of rotatable bonds is 6. The molecule has 0 radical (unpaired) electrons. The van der Waals surface area contributed by atoms with Crippen molar-refractivity contribution in [3.63, 3.8) is 0 Å². The van der Waals surface area contributed by atoms with E-state index in [1.165, 1.54) is 6.42 Å². The Morgan fingerprint density at radius 3 is 2.04 bits per heavy atom. The van der Waals surface area contributed by atoms with Crippen LogP contribution in [-0.4, -0.2) is 34.6 Å². The molecule has 0 aromatic rings. The Kier molecular flexibility index (Phi) is 6.34. The third-order valence-corrected chi connectivity index (χ3v) is 5.56. The van der Waals surface area contributed by atoms with E-state index < -0.39 is 0 Å². The van der Waals surface area contributed by atoms with Crippen LogP contribution in [0.15, 0.2) is 0 Å². The van der Waals surface area contributed by atoms with Crippen molar-refractivity contribution in [2.45, 2.75) is 105 Å². The molecule has 0 aromatic carbocycles. The molecule has 0 aliphatic carbocycles. The SMILES string of the molecule is CCC(C)(C)C(=O)OC1CC(C)(C)N(CCC(C)C)C(C)(C)C1. The van der Waals surface area contributed by atoms with Crippen LogP contribution in [0.4, 0.5) is 0 Å². The summed E-state index contributed by atoms with van der Waals surface area (Å²) in [4.78, 5) is 15.1. The number of hydrogen-bond donors (Lipinski definition) is 0. The quantitative estimate of drug-likeness (QED) is 0.641. The first kappa shape index (κ1) is 20.5. The maximum absolute atomic E-state index is 12.4. The molecule has 1 rings (SSSR count). The summed E-state index contributed by atoms with van der Waals surface area (Å²) >= 11 is 0. The third kappa shape index (κ3) is 5.20. The van der Waals surface area contributed by atoms with E-state index in [4.69, 9.17) is 4.74 Å². The molecular weight excluding hydrogens is 286 g/mol. The molecule has 1 fully saturated rings. The lowest BCUT2D eigenvalue weighted by Crippen LogP contribution is -2.62. The zero-order chi connectivity index (χ0) is 18.1. The van der Waals surface area contributed by atoms with Gasteiger partial charge in [0.05, 0.1) is 5.41 Å². The second-order valence-electron chi connectivity index (χ2n) is 9.63. The van der Waals surface area contributed by atoms with E-state index in [0.29, 0.717) is 5.92 Å². The lowest BCUT2D eigenvalue weighted by molar-refractivity contribution is -0.170. The standard InChI is InChI=1S/C20H39NO2/c1-10-18(4,5)17(22)23-16-13-19(6,7)21(12-11-15(2)3)20(8,9)14-16/h15-16H,10-14H2,1-9H3. The Morgan fingerprint density at radius 2 is 1.65 bits per heavy atom. The maximum Gasteiger partial charge on any atom is 0.311 e. The molecule has 0 bridgehead atoms. The van der Waals surface area contributed by atoms with Gasteiger partial charge in [-0.05, 0) is 66.8 Å². The largest absolute Gasteiger partial charge is 0.462 e. The zero-order valence-corrected chi connectivity index (χ0v) is 17.0. The lowest BCUT2D eigenvalue weighted by Gasteiger charge is -2.55. The first-order valence-corrected chi connectivity index (χ1v) is 9.30. The molecule has 0 spiro atoms. The summed E-state index contributed by atoms with van der Waals surface area (Å²) in [6.07, 6.45) is 3.88. The highest BCUT2D eigenvalue weighted by molar-refractivity contribution is 5.76. The highest BCUT2D eigenvalue weighted by Gasteiger charge is 2.46. The number of carbonyl (C=O) groups is 1. The van der Waals surface area contributed by atoms with Crippen molar-refractivity contribution < 1.29 is 9.53 Å². The number of esters is 1. The normalized spacial score (nSPS) is 22.3. The van der Waals surface area contributed by atoms with Crippen LogP contribution in [0.1, 0.15) is 88.0 Å². The van der Waals surface area contributed by atoms with Crippen molar-refractivity contribution in [3.8, 4) is 0 Å². The Bertz CT molecular complexity index is 392. The molecule has 3 nitrogen and oxygen atoms in total. The number of ether oxygens (including phenoxy) is 1. The van der Waals surface area contributed by atoms with E-state index in [1.807, 2.05) is 20.8 Å². The summed E-state index contributed by atoms with van der Waals surface area (Å²) < 4.78 is 5.93. The number of hydrogen-bond acceptors (Lipinski definition) is 3. The fourth-order valence-corrected chi connectivity index (χ4v) is 3.76. The molecule has 1 aliphatic heterocycles. The molecule has 0 aromatic heterocycles. The van der Waals surface area contributed by atoms with Gasteiger partial charge in [-0.3, -0.25) is 9.69 Å². The Morgan fingerprint density at radius 1 is 1.17 bits per heavy atom. The highest BCUT2D eigenvalue weighted by Crippen LogP contribution is 2.40. The molecular formula is C20H39NO2. The van der Waals surface area contributed by atoms with Gasteiger partial charge in [0.15, 0.2) is 0 Å². The van der Waals surface area contributed by atoms with Crippen molar-refractivity contribution in [1.29, 1.82) is 0 Å². The topological polar surface area (TPSA) is 29.5 Å². The predicted octanol–water partition coefficient (Wildman–Crippen LogP) is 5.03. The van der Waals surface area contributed by atoms with Gasteiger partial charge in [-0.2, -0.15) is 0 Å². The lowest BCUT2D eigenvalue weighted by atomic mass is 9.77. The maximum atomic E-state index is 12.4. The van der Waals surface area contributed by atoms with Crippen molar-refractivity contribution in [2.24, 2.45) is 11.3 Å². The van der Waals surface area contributed by atoms with Gasteiger partial charge in [0.1, 0.15) is 6.10 Å². The second kappa shape index (κ2) is 7.13. The van der Waals surface area contributed by atoms with E-state index >= 15 is 0 Å². The Hall–Kier alpha value is -0.570. The fraction of sp³-hybridized carbons (Fsp3) is 0.950. The minimum absolute atomic E-state index is 0.0219. The summed E-state index contributed by atoms with van der Waals surface area (Å²) in [7, 11) is 0. The van der Waals surface area contributed by atoms with Crippen LogP contribution in [0.5, 0.6) is 0 Å².